The summed E-state index contributed by atoms with van der Waals surface area (Å²) < 4.78 is 40.3. The lowest BCUT2D eigenvalue weighted by molar-refractivity contribution is -0.274. The number of alkyl halides is 3. The highest BCUT2D eigenvalue weighted by molar-refractivity contribution is 8.13. The molecule has 0 atom stereocenters. The monoisotopic (exact) mass is 275 g/mol. The maximum atomic E-state index is 12.1. The Morgan fingerprint density at radius 2 is 2.06 bits per heavy atom. The lowest BCUT2D eigenvalue weighted by atomic mass is 10.1. The van der Waals surface area contributed by atoms with Crippen molar-refractivity contribution >= 4 is 22.5 Å². The lowest BCUT2D eigenvalue weighted by Crippen LogP contribution is -2.17. The second-order valence-electron chi connectivity index (χ2n) is 3.90. The van der Waals surface area contributed by atoms with Crippen LogP contribution in [0.15, 0.2) is 23.2 Å². The first-order valence-electron chi connectivity index (χ1n) is 5.48. The molecular weight excluding hydrogens is 263 g/mol. The zero-order valence-electron chi connectivity index (χ0n) is 9.75. The van der Waals surface area contributed by atoms with Gasteiger partial charge in [0.1, 0.15) is 5.75 Å². The Labute approximate surface area is 107 Å². The van der Waals surface area contributed by atoms with Gasteiger partial charge in [0, 0.05) is 0 Å². The molecule has 1 heterocycles. The van der Waals surface area contributed by atoms with Crippen molar-refractivity contribution < 1.29 is 17.9 Å². The molecule has 1 aliphatic rings. The number of ether oxygens (including phenoxy) is 1. The molecule has 18 heavy (non-hydrogen) atoms. The van der Waals surface area contributed by atoms with E-state index in [1.165, 1.54) is 12.1 Å². The van der Waals surface area contributed by atoms with E-state index in [2.05, 4.69) is 9.73 Å². The molecule has 0 bridgehead atoms. The molecule has 0 aliphatic carbocycles. The van der Waals surface area contributed by atoms with Crippen LogP contribution in [0.4, 0.5) is 18.9 Å². The van der Waals surface area contributed by atoms with Crippen LogP contribution < -0.4 is 4.74 Å². The fourth-order valence-electron chi connectivity index (χ4n) is 1.84. The summed E-state index contributed by atoms with van der Waals surface area (Å²) in [6.45, 7) is 0. The number of rotatable bonds is 1. The van der Waals surface area contributed by atoms with Crippen LogP contribution in [0.25, 0.3) is 0 Å². The highest BCUT2D eigenvalue weighted by Gasteiger charge is 2.31. The molecule has 0 unspecified atom stereocenters. The van der Waals surface area contributed by atoms with E-state index in [-0.39, 0.29) is 5.75 Å². The van der Waals surface area contributed by atoms with E-state index < -0.39 is 6.36 Å². The first kappa shape index (κ1) is 13.3. The molecule has 6 heteroatoms. The first-order valence-corrected chi connectivity index (χ1v) is 6.70. The van der Waals surface area contributed by atoms with Crippen molar-refractivity contribution in [3.05, 3.63) is 23.8 Å². The molecule has 0 radical (unpaired) electrons. The molecule has 2 nitrogen and oxygen atoms in total. The highest BCUT2D eigenvalue weighted by atomic mass is 32.2. The van der Waals surface area contributed by atoms with Crippen molar-refractivity contribution in [1.29, 1.82) is 0 Å². The van der Waals surface area contributed by atoms with Gasteiger partial charge in [0.2, 0.25) is 0 Å². The second kappa shape index (κ2) is 5.22. The average Bonchev–Trinajstić information content (AvgIpc) is 2.48. The van der Waals surface area contributed by atoms with Crippen LogP contribution in [-0.4, -0.2) is 17.7 Å². The number of benzene rings is 1. The fraction of sp³-hybridized carbons (Fsp3) is 0.417. The predicted molar refractivity (Wildman–Crippen MR) is 66.7 cm³/mol. The molecule has 1 aromatic rings. The summed E-state index contributed by atoms with van der Waals surface area (Å²) in [6.07, 6.45) is -0.219. The molecule has 0 saturated heterocycles. The summed E-state index contributed by atoms with van der Waals surface area (Å²) in [5.41, 5.74) is 1.55. The van der Waals surface area contributed by atoms with Gasteiger partial charge in [0.15, 0.2) is 0 Å². The number of fused-ring (bicyclic) bond motifs is 1. The first-order chi connectivity index (χ1) is 8.48. The van der Waals surface area contributed by atoms with Gasteiger partial charge in [0.25, 0.3) is 0 Å². The summed E-state index contributed by atoms with van der Waals surface area (Å²) in [5, 5.41) is 1.01. The van der Waals surface area contributed by atoms with Gasteiger partial charge in [0.05, 0.1) is 10.7 Å². The van der Waals surface area contributed by atoms with E-state index in [9.17, 15) is 13.2 Å². The Bertz CT molecular complexity index is 471. The number of hydrogen-bond donors (Lipinski definition) is 0. The van der Waals surface area contributed by atoms with E-state index in [1.54, 1.807) is 17.8 Å². The molecule has 1 aromatic carbocycles. The normalized spacial score (nSPS) is 15.7. The van der Waals surface area contributed by atoms with E-state index in [4.69, 9.17) is 0 Å². The minimum absolute atomic E-state index is 0.177. The molecule has 0 saturated carbocycles. The Balaban J connectivity index is 2.28. The van der Waals surface area contributed by atoms with E-state index in [1.807, 2.05) is 6.26 Å². The van der Waals surface area contributed by atoms with Crippen LogP contribution in [0.2, 0.25) is 0 Å². The summed E-state index contributed by atoms with van der Waals surface area (Å²) in [5.74, 6) is -0.177. The van der Waals surface area contributed by atoms with Gasteiger partial charge in [-0.1, -0.05) is 0 Å². The predicted octanol–water partition coefficient (Wildman–Crippen LogP) is 4.31. The maximum Gasteiger partial charge on any atom is 0.573 e. The molecule has 1 aliphatic heterocycles. The van der Waals surface area contributed by atoms with Crippen molar-refractivity contribution in [2.24, 2.45) is 4.99 Å². The third-order valence-corrected chi connectivity index (χ3v) is 3.37. The Morgan fingerprint density at radius 1 is 1.28 bits per heavy atom. The van der Waals surface area contributed by atoms with Gasteiger partial charge in [-0.05, 0) is 49.3 Å². The number of hydrogen-bond acceptors (Lipinski definition) is 3. The quantitative estimate of drug-likeness (QED) is 0.761. The Hall–Kier alpha value is -1.17. The van der Waals surface area contributed by atoms with E-state index in [0.29, 0.717) is 0 Å². The van der Waals surface area contributed by atoms with Gasteiger partial charge in [-0.25, -0.2) is 4.99 Å². The summed E-state index contributed by atoms with van der Waals surface area (Å²) in [6, 6.07) is 4.31. The zero-order valence-corrected chi connectivity index (χ0v) is 10.6. The minimum Gasteiger partial charge on any atom is -0.406 e. The van der Waals surface area contributed by atoms with Gasteiger partial charge in [-0.15, -0.1) is 24.9 Å². The fourth-order valence-corrected chi connectivity index (χ4v) is 2.37. The van der Waals surface area contributed by atoms with Crippen molar-refractivity contribution in [1.82, 2.24) is 0 Å². The number of aliphatic imine (C=N–C) groups is 1. The lowest BCUT2D eigenvalue weighted by Gasteiger charge is -2.10. The molecule has 98 valence electrons. The van der Waals surface area contributed by atoms with Gasteiger partial charge < -0.3 is 4.74 Å². The topological polar surface area (TPSA) is 21.6 Å². The molecule has 0 spiro atoms. The smallest absolute Gasteiger partial charge is 0.406 e. The van der Waals surface area contributed by atoms with Crippen LogP contribution in [0.1, 0.15) is 18.4 Å². The summed E-state index contributed by atoms with van der Waals surface area (Å²) in [4.78, 5) is 4.44. The van der Waals surface area contributed by atoms with Crippen LogP contribution in [0.5, 0.6) is 5.75 Å². The number of nitrogens with zero attached hydrogens (tertiary/aromatic N) is 1. The zero-order chi connectivity index (χ0) is 13.2. The third-order valence-electron chi connectivity index (χ3n) is 2.60. The Kier molecular flexibility index (Phi) is 3.85. The molecule has 0 N–H and O–H groups in total. The maximum absolute atomic E-state index is 12.1. The van der Waals surface area contributed by atoms with E-state index in [0.717, 1.165) is 35.6 Å². The number of halogens is 3. The van der Waals surface area contributed by atoms with Gasteiger partial charge >= 0.3 is 6.36 Å². The molecule has 2 rings (SSSR count). The average molecular weight is 275 g/mol. The van der Waals surface area contributed by atoms with Gasteiger partial charge in [-0.3, -0.25) is 0 Å². The van der Waals surface area contributed by atoms with Crippen LogP contribution in [-0.2, 0) is 6.42 Å². The van der Waals surface area contributed by atoms with Crippen molar-refractivity contribution in [3.8, 4) is 5.75 Å². The highest BCUT2D eigenvalue weighted by Crippen LogP contribution is 2.32. The van der Waals surface area contributed by atoms with Gasteiger partial charge in [-0.2, -0.15) is 0 Å². The molecular formula is C12H12F3NOS. The van der Waals surface area contributed by atoms with Crippen LogP contribution in [0.3, 0.4) is 0 Å². The number of thioether (sulfide) groups is 1. The van der Waals surface area contributed by atoms with Crippen molar-refractivity contribution in [3.63, 3.8) is 0 Å². The standard InChI is InChI=1S/C12H12F3NOS/c1-18-11-4-2-3-8-7-9(17-12(13,14)15)5-6-10(8)16-11/h5-7H,2-4H2,1H3. The largest absolute Gasteiger partial charge is 0.573 e. The van der Waals surface area contributed by atoms with Crippen LogP contribution in [0, 0.1) is 0 Å². The molecule has 0 fully saturated rings. The Morgan fingerprint density at radius 3 is 2.72 bits per heavy atom. The van der Waals surface area contributed by atoms with E-state index >= 15 is 0 Å². The summed E-state index contributed by atoms with van der Waals surface area (Å²) in [7, 11) is 0. The third kappa shape index (κ3) is 3.41. The molecule has 0 aromatic heterocycles. The minimum atomic E-state index is -4.65. The van der Waals surface area contributed by atoms with Crippen molar-refractivity contribution in [2.75, 3.05) is 6.26 Å². The molecule has 0 amide bonds. The summed E-state index contributed by atoms with van der Waals surface area (Å²) >= 11 is 1.58. The number of aryl methyl sites for hydroxylation is 1. The van der Waals surface area contributed by atoms with Crippen molar-refractivity contribution in [2.45, 2.75) is 25.6 Å². The van der Waals surface area contributed by atoms with Crippen LogP contribution >= 0.6 is 11.8 Å². The SMILES string of the molecule is CSC1=Nc2ccc(OC(F)(F)F)cc2CCC1. The second-order valence-corrected chi connectivity index (χ2v) is 4.78.